The molecule has 1 aromatic rings. The van der Waals surface area contributed by atoms with Crippen molar-refractivity contribution in [3.05, 3.63) is 34.3 Å². The topological polar surface area (TPSA) is 41.1 Å². The van der Waals surface area contributed by atoms with E-state index in [2.05, 4.69) is 38.7 Å². The van der Waals surface area contributed by atoms with Crippen molar-refractivity contribution in [3.63, 3.8) is 0 Å². The molecule has 2 aliphatic rings. The second kappa shape index (κ2) is 5.81. The van der Waals surface area contributed by atoms with Gasteiger partial charge in [0.2, 0.25) is 5.91 Å². The number of benzene rings is 1. The van der Waals surface area contributed by atoms with Crippen molar-refractivity contribution in [1.29, 1.82) is 0 Å². The molecule has 2 fully saturated rings. The Hall–Kier alpha value is -0.580. The summed E-state index contributed by atoms with van der Waals surface area (Å²) in [6.45, 7) is 1.78. The highest BCUT2D eigenvalue weighted by atomic mass is 79.9. The van der Waals surface area contributed by atoms with E-state index in [4.69, 9.17) is 0 Å². The average molecular weight is 346 g/mol. The van der Waals surface area contributed by atoms with Crippen molar-refractivity contribution in [3.8, 4) is 0 Å². The Morgan fingerprint density at radius 1 is 1.42 bits per heavy atom. The minimum absolute atomic E-state index is 0. The first kappa shape index (κ1) is 14.8. The van der Waals surface area contributed by atoms with Gasteiger partial charge in [0.15, 0.2) is 0 Å². The van der Waals surface area contributed by atoms with Gasteiger partial charge in [-0.15, -0.1) is 12.4 Å². The van der Waals surface area contributed by atoms with Gasteiger partial charge in [-0.25, -0.2) is 0 Å². The Labute approximate surface area is 128 Å². The smallest absolute Gasteiger partial charge is 0.225 e. The van der Waals surface area contributed by atoms with Gasteiger partial charge in [0.1, 0.15) is 0 Å². The summed E-state index contributed by atoms with van der Waals surface area (Å²) >= 11 is 3.49. The van der Waals surface area contributed by atoms with Gasteiger partial charge >= 0.3 is 0 Å². The second-order valence-corrected chi connectivity index (χ2v) is 6.19. The molecule has 0 bridgehead atoms. The summed E-state index contributed by atoms with van der Waals surface area (Å²) in [5.74, 6) is 0.354. The summed E-state index contributed by atoms with van der Waals surface area (Å²) in [5, 5.41) is 6.49. The molecule has 2 N–H and O–H groups in total. The van der Waals surface area contributed by atoms with E-state index in [1.54, 1.807) is 0 Å². The van der Waals surface area contributed by atoms with Crippen molar-refractivity contribution in [2.75, 3.05) is 13.1 Å². The van der Waals surface area contributed by atoms with Crippen LogP contribution in [-0.2, 0) is 10.3 Å². The maximum atomic E-state index is 12.2. The Morgan fingerprint density at radius 2 is 2.21 bits per heavy atom. The number of nitrogens with one attached hydrogen (secondary N) is 2. The summed E-state index contributed by atoms with van der Waals surface area (Å²) in [6, 6.07) is 8.26. The minimum Gasteiger partial charge on any atom is -0.346 e. The van der Waals surface area contributed by atoms with Gasteiger partial charge < -0.3 is 10.6 Å². The van der Waals surface area contributed by atoms with Gasteiger partial charge in [-0.05, 0) is 43.5 Å². The maximum absolute atomic E-state index is 12.2. The van der Waals surface area contributed by atoms with Crippen LogP contribution in [0.15, 0.2) is 28.7 Å². The highest BCUT2D eigenvalue weighted by Crippen LogP contribution is 2.46. The van der Waals surface area contributed by atoms with E-state index in [9.17, 15) is 4.79 Å². The molecule has 0 radical (unpaired) electrons. The van der Waals surface area contributed by atoms with Crippen LogP contribution < -0.4 is 10.6 Å². The third kappa shape index (κ3) is 3.12. The fraction of sp³-hybridized carbons (Fsp3) is 0.500. The van der Waals surface area contributed by atoms with Gasteiger partial charge in [0, 0.05) is 11.0 Å². The van der Waals surface area contributed by atoms with Crippen LogP contribution in [0.25, 0.3) is 0 Å². The largest absolute Gasteiger partial charge is 0.346 e. The van der Waals surface area contributed by atoms with Crippen LogP contribution in [0.2, 0.25) is 0 Å². The Morgan fingerprint density at radius 3 is 2.79 bits per heavy atom. The molecular formula is C14H18BrClN2O. The number of hydrogen-bond acceptors (Lipinski definition) is 2. The third-order valence-corrected chi connectivity index (χ3v) is 4.41. The fourth-order valence-electron chi connectivity index (χ4n) is 2.61. The van der Waals surface area contributed by atoms with Crippen LogP contribution in [0.3, 0.4) is 0 Å². The van der Waals surface area contributed by atoms with Crippen molar-refractivity contribution in [1.82, 2.24) is 10.6 Å². The Kier molecular flexibility index (Phi) is 4.54. The van der Waals surface area contributed by atoms with Crippen LogP contribution in [-0.4, -0.2) is 19.0 Å². The summed E-state index contributed by atoms with van der Waals surface area (Å²) < 4.78 is 1.07. The zero-order valence-electron chi connectivity index (χ0n) is 10.6. The van der Waals surface area contributed by atoms with Crippen molar-refractivity contribution in [2.24, 2.45) is 5.92 Å². The molecule has 1 aromatic carbocycles. The standard InChI is InChI=1S/C14H17BrN2O.ClH/c15-12-3-1-2-11(8-12)14(5-6-14)17-13(18)10-4-7-16-9-10;/h1-3,8,10,16H,4-7,9H2,(H,17,18);1H. The van der Waals surface area contributed by atoms with E-state index in [0.29, 0.717) is 0 Å². The number of carbonyl (C=O) groups is 1. The SMILES string of the molecule is Cl.O=C(NC1(c2cccc(Br)c2)CC1)C1CCNC1. The highest BCUT2D eigenvalue weighted by Gasteiger charge is 2.46. The molecule has 1 aliphatic carbocycles. The van der Waals surface area contributed by atoms with Gasteiger partial charge in [-0.1, -0.05) is 28.1 Å². The molecule has 0 aromatic heterocycles. The lowest BCUT2D eigenvalue weighted by molar-refractivity contribution is -0.125. The lowest BCUT2D eigenvalue weighted by Crippen LogP contribution is -2.39. The Balaban J connectivity index is 0.00000133. The van der Waals surface area contributed by atoms with Crippen LogP contribution in [0.4, 0.5) is 0 Å². The molecule has 1 atom stereocenters. The molecule has 1 amide bonds. The first-order valence-electron chi connectivity index (χ1n) is 6.48. The number of halogens is 2. The molecule has 1 aliphatic heterocycles. The minimum atomic E-state index is -0.0938. The van der Waals surface area contributed by atoms with E-state index < -0.39 is 0 Å². The molecule has 1 unspecified atom stereocenters. The van der Waals surface area contributed by atoms with Gasteiger partial charge in [-0.2, -0.15) is 0 Å². The van der Waals surface area contributed by atoms with Gasteiger partial charge in [0.05, 0.1) is 11.5 Å². The Bertz CT molecular complexity index is 470. The summed E-state index contributed by atoms with van der Waals surface area (Å²) in [5.41, 5.74) is 1.12. The number of rotatable bonds is 3. The monoisotopic (exact) mass is 344 g/mol. The van der Waals surface area contributed by atoms with Crippen molar-refractivity contribution >= 4 is 34.2 Å². The number of carbonyl (C=O) groups excluding carboxylic acids is 1. The fourth-order valence-corrected chi connectivity index (χ4v) is 3.01. The first-order chi connectivity index (χ1) is 8.70. The second-order valence-electron chi connectivity index (χ2n) is 5.27. The van der Waals surface area contributed by atoms with Gasteiger partial charge in [-0.3, -0.25) is 4.79 Å². The first-order valence-corrected chi connectivity index (χ1v) is 7.28. The third-order valence-electron chi connectivity index (χ3n) is 3.92. The molecule has 0 spiro atoms. The lowest BCUT2D eigenvalue weighted by atomic mass is 10.0. The van der Waals surface area contributed by atoms with E-state index in [-0.39, 0.29) is 29.8 Å². The predicted octanol–water partition coefficient (Wildman–Crippen LogP) is 2.59. The summed E-state index contributed by atoms with van der Waals surface area (Å²) in [6.07, 6.45) is 3.06. The summed E-state index contributed by atoms with van der Waals surface area (Å²) in [4.78, 5) is 12.2. The van der Waals surface area contributed by atoms with Crippen LogP contribution in [0.1, 0.15) is 24.8 Å². The van der Waals surface area contributed by atoms with E-state index in [1.807, 2.05) is 12.1 Å². The zero-order chi connectivity index (χ0) is 12.6. The number of hydrogen-bond donors (Lipinski definition) is 2. The van der Waals surface area contributed by atoms with Crippen LogP contribution in [0.5, 0.6) is 0 Å². The normalized spacial score (nSPS) is 23.5. The molecule has 5 heteroatoms. The van der Waals surface area contributed by atoms with Crippen molar-refractivity contribution in [2.45, 2.75) is 24.8 Å². The lowest BCUT2D eigenvalue weighted by Gasteiger charge is -2.20. The van der Waals surface area contributed by atoms with E-state index in [0.717, 1.165) is 36.8 Å². The molecule has 1 saturated heterocycles. The molecule has 1 heterocycles. The molecule has 3 rings (SSSR count). The maximum Gasteiger partial charge on any atom is 0.225 e. The average Bonchev–Trinajstić information content (AvgIpc) is 2.93. The predicted molar refractivity (Wildman–Crippen MR) is 81.4 cm³/mol. The number of amides is 1. The molecule has 1 saturated carbocycles. The molecular weight excluding hydrogens is 328 g/mol. The highest BCUT2D eigenvalue weighted by molar-refractivity contribution is 9.10. The van der Waals surface area contributed by atoms with E-state index >= 15 is 0 Å². The quantitative estimate of drug-likeness (QED) is 0.884. The molecule has 19 heavy (non-hydrogen) atoms. The zero-order valence-corrected chi connectivity index (χ0v) is 13.0. The van der Waals surface area contributed by atoms with E-state index in [1.165, 1.54) is 5.56 Å². The van der Waals surface area contributed by atoms with Gasteiger partial charge in [0.25, 0.3) is 0 Å². The van der Waals surface area contributed by atoms with Crippen LogP contribution in [0, 0.1) is 5.92 Å². The van der Waals surface area contributed by atoms with Crippen LogP contribution >= 0.6 is 28.3 Å². The molecule has 104 valence electrons. The van der Waals surface area contributed by atoms with Crippen molar-refractivity contribution < 1.29 is 4.79 Å². The molecule has 3 nitrogen and oxygen atoms in total. The summed E-state index contributed by atoms with van der Waals surface area (Å²) in [7, 11) is 0.